The fourth-order valence-electron chi connectivity index (χ4n) is 4.99. The summed E-state index contributed by atoms with van der Waals surface area (Å²) in [6, 6.07) is 5.59. The van der Waals surface area contributed by atoms with Gasteiger partial charge >= 0.3 is 6.09 Å². The van der Waals surface area contributed by atoms with Crippen LogP contribution in [0.4, 0.5) is 22.3 Å². The highest BCUT2D eigenvalue weighted by Crippen LogP contribution is 2.33. The second kappa shape index (κ2) is 11.5. The van der Waals surface area contributed by atoms with Crippen molar-refractivity contribution < 1.29 is 27.9 Å². The summed E-state index contributed by atoms with van der Waals surface area (Å²) in [7, 11) is 0. The third-order valence-corrected chi connectivity index (χ3v) is 6.97. The van der Waals surface area contributed by atoms with Gasteiger partial charge in [0.25, 0.3) is 11.9 Å². The van der Waals surface area contributed by atoms with Crippen LogP contribution in [0.2, 0.25) is 0 Å². The molecule has 0 bridgehead atoms. The predicted molar refractivity (Wildman–Crippen MR) is 157 cm³/mol. The topological polar surface area (TPSA) is 161 Å². The van der Waals surface area contributed by atoms with E-state index >= 15 is 0 Å². The Balaban J connectivity index is 1.27. The molecule has 6 heterocycles. The molecule has 4 aromatic rings. The second-order valence-corrected chi connectivity index (χ2v) is 11.5. The number of rotatable bonds is 6. The predicted octanol–water partition coefficient (Wildman–Crippen LogP) is 3.77. The molecular weight excluding hydrogens is 556 g/mol. The van der Waals surface area contributed by atoms with Gasteiger partial charge in [-0.2, -0.15) is 4.98 Å². The van der Waals surface area contributed by atoms with Crippen molar-refractivity contribution in [3.63, 3.8) is 0 Å². The number of morpholine rings is 1. The summed E-state index contributed by atoms with van der Waals surface area (Å²) < 4.78 is 22.5. The van der Waals surface area contributed by atoms with Gasteiger partial charge in [-0.3, -0.25) is 9.78 Å². The fourth-order valence-corrected chi connectivity index (χ4v) is 4.99. The molecule has 0 aliphatic carbocycles. The maximum Gasteiger partial charge on any atom is 0.407 e. The third kappa shape index (κ3) is 6.53. The number of nitrogens with one attached hydrogen (secondary N) is 2. The van der Waals surface area contributed by atoms with Crippen LogP contribution in [0.1, 0.15) is 43.4 Å². The number of hydrogen-bond acceptors (Lipinski definition) is 12. The lowest BCUT2D eigenvalue weighted by atomic mass is 10.2. The first-order valence-electron chi connectivity index (χ1n) is 14.2. The quantitative estimate of drug-likeness (QED) is 0.335. The van der Waals surface area contributed by atoms with Crippen LogP contribution in [0.5, 0.6) is 0 Å². The fraction of sp³-hybridized carbons (Fsp3) is 0.448. The van der Waals surface area contributed by atoms with Gasteiger partial charge in [-0.25, -0.2) is 14.8 Å². The zero-order chi connectivity index (χ0) is 30.1. The Labute approximate surface area is 247 Å². The Bertz CT molecular complexity index is 1640. The SMILES string of the molecule is Cc1cc(-c2nc(C(=O)Nc3cc4oc(N5CCOCC5)nc4nc3N3CC[C@H](NC(=O)OC(C)(C)C)C3)co2)ccn1. The van der Waals surface area contributed by atoms with E-state index in [1.807, 2.05) is 43.6 Å². The van der Waals surface area contributed by atoms with Crippen LogP contribution in [-0.2, 0) is 9.47 Å². The lowest BCUT2D eigenvalue weighted by Gasteiger charge is -2.24. The van der Waals surface area contributed by atoms with Crippen LogP contribution >= 0.6 is 0 Å². The Morgan fingerprint density at radius 1 is 1.07 bits per heavy atom. The van der Waals surface area contributed by atoms with E-state index in [-0.39, 0.29) is 11.7 Å². The monoisotopic (exact) mass is 590 g/mol. The van der Waals surface area contributed by atoms with E-state index in [1.165, 1.54) is 6.26 Å². The highest BCUT2D eigenvalue weighted by atomic mass is 16.6. The Morgan fingerprint density at radius 2 is 1.88 bits per heavy atom. The van der Waals surface area contributed by atoms with Crippen LogP contribution in [0.3, 0.4) is 0 Å². The molecule has 0 aromatic carbocycles. The standard InChI is InChI=1S/C29H34N8O6/c1-17-13-18(5-7-30-17)26-33-21(16-41-26)25(38)32-20-14-22-23(35-27(42-22)36-9-11-40-12-10-36)34-24(20)37-8-6-19(15-37)31-28(39)43-29(2,3)4/h5,7,13-14,16,19H,6,8-12,15H2,1-4H3,(H,31,39)(H,32,38)/t19-/m0/s1. The number of carbonyl (C=O) groups is 2. The van der Waals surface area contributed by atoms with E-state index in [0.29, 0.717) is 86.0 Å². The van der Waals surface area contributed by atoms with Crippen molar-refractivity contribution in [3.8, 4) is 11.5 Å². The van der Waals surface area contributed by atoms with Crippen molar-refractivity contribution in [2.45, 2.75) is 45.8 Å². The summed E-state index contributed by atoms with van der Waals surface area (Å²) in [5.41, 5.74) is 2.28. The minimum atomic E-state index is -0.602. The van der Waals surface area contributed by atoms with Gasteiger partial charge in [-0.1, -0.05) is 0 Å². The third-order valence-electron chi connectivity index (χ3n) is 6.97. The van der Waals surface area contributed by atoms with E-state index in [0.717, 1.165) is 5.69 Å². The van der Waals surface area contributed by atoms with Crippen LogP contribution < -0.4 is 20.4 Å². The van der Waals surface area contributed by atoms with Gasteiger partial charge in [0.15, 0.2) is 17.1 Å². The Morgan fingerprint density at radius 3 is 2.65 bits per heavy atom. The summed E-state index contributed by atoms with van der Waals surface area (Å²) in [5, 5.41) is 5.87. The van der Waals surface area contributed by atoms with Crippen LogP contribution in [0.25, 0.3) is 22.7 Å². The molecule has 2 N–H and O–H groups in total. The first-order valence-corrected chi connectivity index (χ1v) is 14.2. The molecule has 14 nitrogen and oxygen atoms in total. The molecule has 0 saturated carbocycles. The van der Waals surface area contributed by atoms with Crippen LogP contribution in [0.15, 0.2) is 39.5 Å². The lowest BCUT2D eigenvalue weighted by Crippen LogP contribution is -2.40. The molecule has 0 unspecified atom stereocenters. The smallest absolute Gasteiger partial charge is 0.407 e. The van der Waals surface area contributed by atoms with E-state index < -0.39 is 17.6 Å². The van der Waals surface area contributed by atoms with Gasteiger partial charge < -0.3 is 38.7 Å². The van der Waals surface area contributed by atoms with Crippen molar-refractivity contribution in [1.29, 1.82) is 0 Å². The summed E-state index contributed by atoms with van der Waals surface area (Å²) in [6.45, 7) is 10.8. The molecule has 2 fully saturated rings. The van der Waals surface area contributed by atoms with E-state index in [9.17, 15) is 9.59 Å². The molecule has 4 aromatic heterocycles. The van der Waals surface area contributed by atoms with Gasteiger partial charge in [0, 0.05) is 49.7 Å². The van der Waals surface area contributed by atoms with Crippen LogP contribution in [-0.4, -0.2) is 83.0 Å². The molecule has 0 spiro atoms. The van der Waals surface area contributed by atoms with Crippen molar-refractivity contribution in [2.75, 3.05) is 54.5 Å². The van der Waals surface area contributed by atoms with Gasteiger partial charge in [-0.15, -0.1) is 0 Å². The average molecular weight is 591 g/mol. The van der Waals surface area contributed by atoms with E-state index in [1.54, 1.807) is 18.3 Å². The molecule has 0 radical (unpaired) electrons. The van der Waals surface area contributed by atoms with Gasteiger partial charge in [0.05, 0.1) is 24.9 Å². The summed E-state index contributed by atoms with van der Waals surface area (Å²) in [6.07, 6.45) is 3.16. The summed E-state index contributed by atoms with van der Waals surface area (Å²) >= 11 is 0. The van der Waals surface area contributed by atoms with Gasteiger partial charge in [0.1, 0.15) is 11.9 Å². The number of aromatic nitrogens is 4. The van der Waals surface area contributed by atoms with E-state index in [2.05, 4.69) is 25.6 Å². The van der Waals surface area contributed by atoms with Gasteiger partial charge in [0.2, 0.25) is 11.5 Å². The van der Waals surface area contributed by atoms with Crippen molar-refractivity contribution in [3.05, 3.63) is 42.0 Å². The molecule has 43 heavy (non-hydrogen) atoms. The molecular formula is C29H34N8O6. The number of pyridine rings is 2. The number of anilines is 3. The molecule has 1 atom stereocenters. The lowest BCUT2D eigenvalue weighted by molar-refractivity contribution is 0.0508. The first-order chi connectivity index (χ1) is 20.6. The highest BCUT2D eigenvalue weighted by Gasteiger charge is 2.30. The number of carbonyl (C=O) groups excluding carboxylic acids is 2. The minimum absolute atomic E-state index is 0.105. The van der Waals surface area contributed by atoms with Gasteiger partial charge in [-0.05, 0) is 46.2 Å². The van der Waals surface area contributed by atoms with Crippen molar-refractivity contribution in [2.24, 2.45) is 0 Å². The number of fused-ring (bicyclic) bond motifs is 1. The van der Waals surface area contributed by atoms with E-state index in [4.69, 9.17) is 23.3 Å². The molecule has 6 rings (SSSR count). The molecule has 2 saturated heterocycles. The Kier molecular flexibility index (Phi) is 7.61. The molecule has 2 aliphatic heterocycles. The normalized spacial score (nSPS) is 17.3. The van der Waals surface area contributed by atoms with Crippen molar-refractivity contribution >= 4 is 40.8 Å². The molecule has 2 amide bonds. The largest absolute Gasteiger partial charge is 0.444 e. The summed E-state index contributed by atoms with van der Waals surface area (Å²) in [4.78, 5) is 47.8. The number of oxazole rings is 2. The maximum atomic E-state index is 13.4. The second-order valence-electron chi connectivity index (χ2n) is 11.5. The number of aryl methyl sites for hydroxylation is 1. The average Bonchev–Trinajstić information content (AvgIpc) is 3.72. The Hall–Kier alpha value is -4.72. The maximum absolute atomic E-state index is 13.4. The number of nitrogens with zero attached hydrogens (tertiary/aromatic N) is 6. The number of ether oxygens (including phenoxy) is 2. The first kappa shape index (κ1) is 28.4. The van der Waals surface area contributed by atoms with Crippen LogP contribution in [0, 0.1) is 6.92 Å². The summed E-state index contributed by atoms with van der Waals surface area (Å²) in [5.74, 6) is 0.341. The molecule has 2 aliphatic rings. The number of hydrogen-bond donors (Lipinski definition) is 2. The minimum Gasteiger partial charge on any atom is -0.444 e. The molecule has 14 heteroatoms. The zero-order valence-corrected chi connectivity index (χ0v) is 24.5. The number of amides is 2. The zero-order valence-electron chi connectivity index (χ0n) is 24.5. The molecule has 226 valence electrons. The van der Waals surface area contributed by atoms with Crippen molar-refractivity contribution in [1.82, 2.24) is 25.3 Å². The highest BCUT2D eigenvalue weighted by molar-refractivity contribution is 6.05. The number of alkyl carbamates (subject to hydrolysis) is 1.